The van der Waals surface area contributed by atoms with Gasteiger partial charge < -0.3 is 21.7 Å². The first kappa shape index (κ1) is 29.1. The van der Waals surface area contributed by atoms with Gasteiger partial charge in [-0.15, -0.1) is 0 Å². The summed E-state index contributed by atoms with van der Waals surface area (Å²) in [4.78, 5) is 23.9. The largest absolute Gasteiger partial charge is 0.417 e. The molecule has 1 aliphatic rings. The first-order valence-electron chi connectivity index (χ1n) is 14.1. The maximum absolute atomic E-state index is 13.5. The third kappa shape index (κ3) is 6.63. The van der Waals surface area contributed by atoms with Gasteiger partial charge in [-0.25, -0.2) is 9.97 Å². The first-order valence-corrected chi connectivity index (χ1v) is 14.1. The minimum atomic E-state index is -4.65. The number of nitrogens with two attached hydrogens (primary N) is 1. The number of H-pyrrole nitrogens is 1. The second-order valence-corrected chi connectivity index (χ2v) is 10.6. The number of carbonyl (C=O) groups is 1. The van der Waals surface area contributed by atoms with E-state index in [2.05, 4.69) is 41.0 Å². The highest BCUT2D eigenvalue weighted by Gasteiger charge is 2.32. The number of fused-ring (bicyclic) bond motifs is 1. The topological polar surface area (TPSA) is 137 Å². The minimum absolute atomic E-state index is 0.0417. The summed E-state index contributed by atoms with van der Waals surface area (Å²) < 4.78 is 40.6. The van der Waals surface area contributed by atoms with Crippen molar-refractivity contribution in [3.8, 4) is 11.1 Å². The molecular formula is C31H30F3N9O. The lowest BCUT2D eigenvalue weighted by atomic mass is 10.0. The third-order valence-electron chi connectivity index (χ3n) is 7.48. The summed E-state index contributed by atoms with van der Waals surface area (Å²) >= 11 is 0. The lowest BCUT2D eigenvalue weighted by Crippen LogP contribution is -2.42. The second kappa shape index (κ2) is 12.3. The predicted molar refractivity (Wildman–Crippen MR) is 163 cm³/mol. The summed E-state index contributed by atoms with van der Waals surface area (Å²) in [6.45, 7) is 4.81. The quantitative estimate of drug-likeness (QED) is 0.170. The number of nitrogens with zero attached hydrogens (tertiary/aromatic N) is 4. The Morgan fingerprint density at radius 2 is 1.66 bits per heavy atom. The van der Waals surface area contributed by atoms with E-state index in [0.29, 0.717) is 17.2 Å². The van der Waals surface area contributed by atoms with Crippen molar-refractivity contribution in [3.05, 3.63) is 95.3 Å². The van der Waals surface area contributed by atoms with E-state index >= 15 is 0 Å². The Labute approximate surface area is 250 Å². The number of amides is 1. The van der Waals surface area contributed by atoms with Crippen molar-refractivity contribution in [1.29, 1.82) is 0 Å². The Kier molecular flexibility index (Phi) is 8.13. The van der Waals surface area contributed by atoms with E-state index < -0.39 is 17.6 Å². The fourth-order valence-electron chi connectivity index (χ4n) is 5.03. The molecule has 0 atom stereocenters. The van der Waals surface area contributed by atoms with Crippen molar-refractivity contribution in [2.75, 3.05) is 42.5 Å². The summed E-state index contributed by atoms with van der Waals surface area (Å²) in [5, 5.41) is 16.5. The molecule has 0 aliphatic carbocycles. The second-order valence-electron chi connectivity index (χ2n) is 10.6. The van der Waals surface area contributed by atoms with Crippen LogP contribution in [0.25, 0.3) is 22.2 Å². The van der Waals surface area contributed by atoms with Gasteiger partial charge in [0, 0.05) is 62.9 Å². The van der Waals surface area contributed by atoms with Gasteiger partial charge in [-0.3, -0.25) is 14.8 Å². The van der Waals surface area contributed by atoms with Gasteiger partial charge in [0.2, 0.25) is 0 Å². The maximum Gasteiger partial charge on any atom is 0.417 e. The molecule has 5 aromatic rings. The molecule has 2 aromatic carbocycles. The number of hydrogen-bond donors (Lipinski definition) is 5. The SMILES string of the molecule is Nc1n[nH]c2ncc(-c3ccc(CNc4ncc(C(F)(F)F)cc4C(=O)Nc4ccc(CN5CCNCC5)cc4)cc3)cc12. The summed E-state index contributed by atoms with van der Waals surface area (Å²) in [5.74, 6) is -0.292. The van der Waals surface area contributed by atoms with Crippen molar-refractivity contribution in [1.82, 2.24) is 30.4 Å². The first-order chi connectivity index (χ1) is 21.2. The highest BCUT2D eigenvalue weighted by Crippen LogP contribution is 2.31. The zero-order valence-electron chi connectivity index (χ0n) is 23.6. The van der Waals surface area contributed by atoms with Crippen LogP contribution in [-0.4, -0.2) is 57.2 Å². The molecule has 44 heavy (non-hydrogen) atoms. The van der Waals surface area contributed by atoms with Gasteiger partial charge in [0.05, 0.1) is 16.5 Å². The van der Waals surface area contributed by atoms with E-state index in [1.54, 1.807) is 18.3 Å². The van der Waals surface area contributed by atoms with E-state index in [1.165, 1.54) is 0 Å². The van der Waals surface area contributed by atoms with Crippen LogP contribution in [0.5, 0.6) is 0 Å². The molecule has 226 valence electrons. The van der Waals surface area contributed by atoms with Crippen molar-refractivity contribution in [3.63, 3.8) is 0 Å². The third-order valence-corrected chi connectivity index (χ3v) is 7.48. The monoisotopic (exact) mass is 601 g/mol. The molecule has 1 saturated heterocycles. The molecule has 1 aliphatic heterocycles. The fourth-order valence-corrected chi connectivity index (χ4v) is 5.03. The lowest BCUT2D eigenvalue weighted by Gasteiger charge is -2.27. The molecule has 6 rings (SSSR count). The highest BCUT2D eigenvalue weighted by molar-refractivity contribution is 6.07. The average Bonchev–Trinajstić information content (AvgIpc) is 3.41. The molecule has 4 heterocycles. The number of aromatic nitrogens is 4. The molecule has 10 nitrogen and oxygen atoms in total. The number of nitrogens with one attached hydrogen (secondary N) is 4. The van der Waals surface area contributed by atoms with E-state index in [4.69, 9.17) is 5.73 Å². The number of hydrogen-bond acceptors (Lipinski definition) is 8. The number of benzene rings is 2. The highest BCUT2D eigenvalue weighted by atomic mass is 19.4. The lowest BCUT2D eigenvalue weighted by molar-refractivity contribution is -0.137. The van der Waals surface area contributed by atoms with Gasteiger partial charge >= 0.3 is 6.18 Å². The Morgan fingerprint density at radius 3 is 2.39 bits per heavy atom. The average molecular weight is 602 g/mol. The summed E-state index contributed by atoms with van der Waals surface area (Å²) in [6, 6.07) is 17.6. The predicted octanol–water partition coefficient (Wildman–Crippen LogP) is 4.89. The number of anilines is 3. The molecule has 13 heteroatoms. The van der Waals surface area contributed by atoms with Gasteiger partial charge in [0.15, 0.2) is 11.5 Å². The van der Waals surface area contributed by atoms with Crippen molar-refractivity contribution >= 4 is 34.3 Å². The Hall–Kier alpha value is -5.01. The molecule has 0 spiro atoms. The van der Waals surface area contributed by atoms with Gasteiger partial charge in [-0.1, -0.05) is 36.4 Å². The molecule has 0 bridgehead atoms. The number of carbonyl (C=O) groups excluding carboxylic acids is 1. The molecular weight excluding hydrogens is 571 g/mol. The van der Waals surface area contributed by atoms with Crippen molar-refractivity contribution < 1.29 is 18.0 Å². The number of rotatable bonds is 8. The van der Waals surface area contributed by atoms with Gasteiger partial charge in [0.1, 0.15) is 5.82 Å². The molecule has 0 unspecified atom stereocenters. The van der Waals surface area contributed by atoms with Crippen LogP contribution in [0.3, 0.4) is 0 Å². The van der Waals surface area contributed by atoms with Crippen LogP contribution in [0.15, 0.2) is 73.1 Å². The molecule has 1 amide bonds. The van der Waals surface area contributed by atoms with Gasteiger partial charge in [-0.05, 0) is 41.0 Å². The van der Waals surface area contributed by atoms with E-state index in [0.717, 1.165) is 72.6 Å². The van der Waals surface area contributed by atoms with Gasteiger partial charge in [-0.2, -0.15) is 18.3 Å². The van der Waals surface area contributed by atoms with E-state index in [-0.39, 0.29) is 17.9 Å². The maximum atomic E-state index is 13.5. The van der Waals surface area contributed by atoms with E-state index in [1.807, 2.05) is 42.5 Å². The Morgan fingerprint density at radius 1 is 0.932 bits per heavy atom. The number of piperazine rings is 1. The molecule has 1 fully saturated rings. The standard InChI is InChI=1S/C31H30F3N9O/c32-31(33,34)23-14-26(30(44)40-24-7-3-20(4-8-24)18-43-11-9-36-10-12-43)28(39-17-23)37-15-19-1-5-21(6-2-19)22-13-25-27(35)41-42-29(25)38-16-22/h1-8,13-14,16-17,36H,9-12,15,18H2,(H,37,39)(H,40,44)(H3,35,38,41,42). The van der Waals surface area contributed by atoms with E-state index in [9.17, 15) is 18.0 Å². The minimum Gasteiger partial charge on any atom is -0.382 e. The zero-order valence-corrected chi connectivity index (χ0v) is 23.6. The zero-order chi connectivity index (χ0) is 30.7. The Bertz CT molecular complexity index is 1760. The fraction of sp³-hybridized carbons (Fsp3) is 0.226. The number of aromatic amines is 1. The molecule has 6 N–H and O–H groups in total. The summed E-state index contributed by atoms with van der Waals surface area (Å²) in [5.41, 5.74) is 9.42. The number of halogens is 3. The normalized spacial score (nSPS) is 14.1. The van der Waals surface area contributed by atoms with Crippen molar-refractivity contribution in [2.45, 2.75) is 19.3 Å². The van der Waals surface area contributed by atoms with Crippen LogP contribution < -0.4 is 21.7 Å². The molecule has 0 saturated carbocycles. The summed E-state index contributed by atoms with van der Waals surface area (Å²) in [6.07, 6.45) is -2.22. The van der Waals surface area contributed by atoms with Crippen LogP contribution >= 0.6 is 0 Å². The van der Waals surface area contributed by atoms with Crippen LogP contribution in [0, 0.1) is 0 Å². The number of nitrogen functional groups attached to an aromatic ring is 1. The Balaban J connectivity index is 1.15. The molecule has 3 aromatic heterocycles. The molecule has 0 radical (unpaired) electrons. The van der Waals surface area contributed by atoms with Gasteiger partial charge in [0.25, 0.3) is 5.91 Å². The number of pyridine rings is 2. The number of alkyl halides is 3. The van der Waals surface area contributed by atoms with Crippen molar-refractivity contribution in [2.24, 2.45) is 0 Å². The van der Waals surface area contributed by atoms with Crippen LogP contribution in [-0.2, 0) is 19.3 Å². The summed E-state index contributed by atoms with van der Waals surface area (Å²) in [7, 11) is 0. The van der Waals surface area contributed by atoms with Crippen LogP contribution in [0.2, 0.25) is 0 Å². The smallest absolute Gasteiger partial charge is 0.382 e. The van der Waals surface area contributed by atoms with Crippen LogP contribution in [0.4, 0.5) is 30.5 Å². The van der Waals surface area contributed by atoms with Crippen LogP contribution in [0.1, 0.15) is 27.0 Å².